The summed E-state index contributed by atoms with van der Waals surface area (Å²) in [7, 11) is 0. The van der Waals surface area contributed by atoms with Crippen LogP contribution >= 0.6 is 24.0 Å². The van der Waals surface area contributed by atoms with Gasteiger partial charge in [-0.1, -0.05) is 0 Å². The zero-order valence-electron chi connectivity index (χ0n) is 6.31. The summed E-state index contributed by atoms with van der Waals surface area (Å²) in [6.45, 7) is 3.89. The van der Waals surface area contributed by atoms with Gasteiger partial charge in [-0.15, -0.1) is 0 Å². The Morgan fingerprint density at radius 1 is 1.09 bits per heavy atom. The van der Waals surface area contributed by atoms with Crippen LogP contribution in [-0.4, -0.2) is 29.4 Å². The van der Waals surface area contributed by atoms with Crippen LogP contribution in [0.5, 0.6) is 0 Å². The number of hydrogen-bond donors (Lipinski definition) is 0. The van der Waals surface area contributed by atoms with Crippen LogP contribution in [0.15, 0.2) is 12.4 Å². The molecular formula is C6H8Br2N2Pb. The molecule has 0 saturated carbocycles. The maximum atomic E-state index is 4.02. The third kappa shape index (κ3) is 6.15. The van der Waals surface area contributed by atoms with Gasteiger partial charge in [-0.2, -0.15) is 0 Å². The van der Waals surface area contributed by atoms with Gasteiger partial charge < -0.3 is 0 Å². The summed E-state index contributed by atoms with van der Waals surface area (Å²) < 4.78 is 0. The molecule has 11 heavy (non-hydrogen) atoms. The van der Waals surface area contributed by atoms with E-state index in [-0.39, 0.29) is 19.4 Å². The fourth-order valence-electron chi connectivity index (χ4n) is 0.477. The van der Waals surface area contributed by atoms with Crippen LogP contribution in [0, 0.1) is 13.8 Å². The van der Waals surface area contributed by atoms with E-state index in [9.17, 15) is 0 Å². The van der Waals surface area contributed by atoms with E-state index in [1.165, 1.54) is 0 Å². The molecule has 0 aliphatic rings. The third-order valence-corrected chi connectivity index (χ3v) is 1.13. The molecule has 60 valence electrons. The van der Waals surface area contributed by atoms with Crippen molar-refractivity contribution >= 4 is 43.4 Å². The quantitative estimate of drug-likeness (QED) is 0.539. The molecule has 1 rings (SSSR count). The van der Waals surface area contributed by atoms with Crippen molar-refractivity contribution in [1.82, 2.24) is 9.97 Å². The normalized spacial score (nSPS) is 8.36. The van der Waals surface area contributed by atoms with Crippen LogP contribution in [0.1, 0.15) is 11.4 Å². The summed E-state index contributed by atoms with van der Waals surface area (Å²) in [5, 5.41) is 0. The molecule has 0 N–H and O–H groups in total. The van der Waals surface area contributed by atoms with Gasteiger partial charge in [-0.25, -0.2) is 0 Å². The Morgan fingerprint density at radius 3 is 1.55 bits per heavy atom. The first-order valence-corrected chi connectivity index (χ1v) is 19.8. The van der Waals surface area contributed by atoms with Crippen LogP contribution in [0.2, 0.25) is 0 Å². The van der Waals surface area contributed by atoms with E-state index in [4.69, 9.17) is 0 Å². The van der Waals surface area contributed by atoms with E-state index in [2.05, 4.69) is 33.9 Å². The summed E-state index contributed by atoms with van der Waals surface area (Å²) in [6.07, 6.45) is 3.39. The fourth-order valence-corrected chi connectivity index (χ4v) is 0.477. The first-order chi connectivity index (χ1) is 5.22. The Morgan fingerprint density at radius 2 is 1.36 bits per heavy atom. The topological polar surface area (TPSA) is 25.8 Å². The molecule has 0 bridgehead atoms. The summed E-state index contributed by atoms with van der Waals surface area (Å²) in [6, 6.07) is 0. The van der Waals surface area contributed by atoms with Crippen LogP contribution < -0.4 is 0 Å². The number of nitrogens with zero attached hydrogens (tertiary/aromatic N) is 2. The molecule has 1 heterocycles. The number of halogens is 2. The summed E-state index contributed by atoms with van der Waals surface area (Å²) in [5.74, 6) is 0. The number of rotatable bonds is 0. The van der Waals surface area contributed by atoms with Gasteiger partial charge in [-0.05, 0) is 13.8 Å². The molecule has 5 heteroatoms. The van der Waals surface area contributed by atoms with Crippen molar-refractivity contribution in [2.75, 3.05) is 0 Å². The predicted molar refractivity (Wildman–Crippen MR) is 55.1 cm³/mol. The standard InChI is InChI=1S/C6H8N2.2BrH.Pb/c1-5-6(2)8-4-3-7-5;;;/h3-4H,1-2H3;2*1H;/q;;;+2/p-2. The van der Waals surface area contributed by atoms with E-state index < -0.39 is 0 Å². The minimum absolute atomic E-state index is 0.292. The van der Waals surface area contributed by atoms with E-state index in [1.807, 2.05) is 13.8 Å². The second kappa shape index (κ2) is 7.60. The van der Waals surface area contributed by atoms with Crippen molar-refractivity contribution in [3.05, 3.63) is 23.8 Å². The SMILES string of the molecule is Cc1nccnc1C.[Br][Pb][Br]. The van der Waals surface area contributed by atoms with Gasteiger partial charge in [0.05, 0.1) is 11.4 Å². The second-order valence-corrected chi connectivity index (χ2v) is 18.7. The number of aryl methyl sites for hydroxylation is 2. The van der Waals surface area contributed by atoms with Crippen molar-refractivity contribution in [3.8, 4) is 0 Å². The van der Waals surface area contributed by atoms with Gasteiger partial charge in [0.1, 0.15) is 0 Å². The Hall–Kier alpha value is 0.962. The van der Waals surface area contributed by atoms with Gasteiger partial charge in [0, 0.05) is 12.4 Å². The van der Waals surface area contributed by atoms with Crippen LogP contribution in [0.3, 0.4) is 0 Å². The van der Waals surface area contributed by atoms with Crippen LogP contribution in [0.25, 0.3) is 0 Å². The maximum absolute atomic E-state index is 4.02. The molecule has 0 atom stereocenters. The Balaban J connectivity index is 0.000000292. The van der Waals surface area contributed by atoms with Gasteiger partial charge in [-0.3, -0.25) is 9.97 Å². The molecule has 0 fully saturated rings. The van der Waals surface area contributed by atoms with Gasteiger partial charge in [0.2, 0.25) is 0 Å². The summed E-state index contributed by atoms with van der Waals surface area (Å²) in [5.41, 5.74) is 2.01. The molecule has 0 unspecified atom stereocenters. The summed E-state index contributed by atoms with van der Waals surface area (Å²) in [4.78, 5) is 8.03. The van der Waals surface area contributed by atoms with Crippen LogP contribution in [-0.2, 0) is 0 Å². The molecule has 0 saturated heterocycles. The average molecular weight is 475 g/mol. The van der Waals surface area contributed by atoms with Gasteiger partial charge in [0.25, 0.3) is 0 Å². The molecule has 1 aromatic heterocycles. The van der Waals surface area contributed by atoms with E-state index in [1.54, 1.807) is 12.4 Å². The van der Waals surface area contributed by atoms with Crippen molar-refractivity contribution < 1.29 is 0 Å². The number of hydrogen-bond acceptors (Lipinski definition) is 2. The van der Waals surface area contributed by atoms with E-state index in [0.29, 0.717) is 0 Å². The molecule has 2 radical (unpaired) electrons. The van der Waals surface area contributed by atoms with E-state index in [0.717, 1.165) is 11.4 Å². The average Bonchev–Trinajstić information content (AvgIpc) is 1.97. The fraction of sp³-hybridized carbons (Fsp3) is 0.333. The molecule has 0 aliphatic carbocycles. The van der Waals surface area contributed by atoms with Crippen molar-refractivity contribution in [2.45, 2.75) is 13.8 Å². The molecule has 0 amide bonds. The number of aromatic nitrogens is 2. The molecule has 1 aromatic rings. The zero-order valence-corrected chi connectivity index (χ0v) is 13.4. The monoisotopic (exact) mass is 474 g/mol. The molecule has 0 spiro atoms. The Kier molecular flexibility index (Phi) is 8.27. The first-order valence-electron chi connectivity index (χ1n) is 2.92. The Bertz CT molecular complexity index is 187. The molecule has 0 aliphatic heterocycles. The zero-order chi connectivity index (χ0) is 8.69. The van der Waals surface area contributed by atoms with Gasteiger partial charge in [0.15, 0.2) is 0 Å². The van der Waals surface area contributed by atoms with Crippen molar-refractivity contribution in [2.24, 2.45) is 0 Å². The van der Waals surface area contributed by atoms with Crippen LogP contribution in [0.4, 0.5) is 0 Å². The molecule has 0 aromatic carbocycles. The van der Waals surface area contributed by atoms with Gasteiger partial charge >= 0.3 is 43.4 Å². The second-order valence-electron chi connectivity index (χ2n) is 1.80. The van der Waals surface area contributed by atoms with Crippen molar-refractivity contribution in [3.63, 3.8) is 0 Å². The molecular weight excluding hydrogens is 467 g/mol. The summed E-state index contributed by atoms with van der Waals surface area (Å²) >= 11 is 6.22. The first kappa shape index (κ1) is 12.0. The third-order valence-electron chi connectivity index (χ3n) is 1.13. The van der Waals surface area contributed by atoms with E-state index >= 15 is 0 Å². The van der Waals surface area contributed by atoms with Crippen molar-refractivity contribution in [1.29, 1.82) is 0 Å². The molecule has 2 nitrogen and oxygen atoms in total. The Labute approximate surface area is 90.0 Å². The minimum atomic E-state index is -0.292. The predicted octanol–water partition coefficient (Wildman–Crippen LogP) is 2.40.